The van der Waals surface area contributed by atoms with Gasteiger partial charge in [0.1, 0.15) is 0 Å². The van der Waals surface area contributed by atoms with E-state index < -0.39 is 0 Å². The molecule has 0 heterocycles. The predicted molar refractivity (Wildman–Crippen MR) is 74.9 cm³/mol. The first-order valence-electron chi connectivity index (χ1n) is 6.65. The van der Waals surface area contributed by atoms with Gasteiger partial charge in [0, 0.05) is 13.7 Å². The lowest BCUT2D eigenvalue weighted by Gasteiger charge is -2.19. The van der Waals surface area contributed by atoms with Crippen molar-refractivity contribution >= 4 is 0 Å². The molecule has 0 saturated carbocycles. The van der Waals surface area contributed by atoms with E-state index in [0.29, 0.717) is 13.2 Å². The van der Waals surface area contributed by atoms with E-state index in [2.05, 4.69) is 43.4 Å². The normalized spacial score (nSPS) is 12.6. The highest BCUT2D eigenvalue weighted by Gasteiger charge is 2.11. The summed E-state index contributed by atoms with van der Waals surface area (Å²) in [5.41, 5.74) is 2.50. The van der Waals surface area contributed by atoms with Gasteiger partial charge in [-0.05, 0) is 25.5 Å². The van der Waals surface area contributed by atoms with Gasteiger partial charge in [0.25, 0.3) is 0 Å². The van der Waals surface area contributed by atoms with Crippen molar-refractivity contribution in [2.24, 2.45) is 0 Å². The second-order valence-electron chi connectivity index (χ2n) is 4.47. The minimum Gasteiger partial charge on any atom is -0.382 e. The maximum absolute atomic E-state index is 5.88. The quantitative estimate of drug-likeness (QED) is 0.685. The molecule has 1 atom stereocenters. The van der Waals surface area contributed by atoms with E-state index in [4.69, 9.17) is 9.47 Å². The van der Waals surface area contributed by atoms with E-state index >= 15 is 0 Å². The number of nitrogens with one attached hydrogen (secondary N) is 1. The van der Waals surface area contributed by atoms with Crippen molar-refractivity contribution in [2.45, 2.75) is 26.4 Å². The second-order valence-corrected chi connectivity index (χ2v) is 4.47. The van der Waals surface area contributed by atoms with Crippen LogP contribution in [0.25, 0.3) is 0 Å². The Labute approximate surface area is 110 Å². The first-order valence-corrected chi connectivity index (χ1v) is 6.65. The molecule has 0 aromatic heterocycles. The fourth-order valence-corrected chi connectivity index (χ4v) is 1.83. The maximum atomic E-state index is 5.88. The monoisotopic (exact) mass is 251 g/mol. The van der Waals surface area contributed by atoms with Crippen LogP contribution >= 0.6 is 0 Å². The number of aryl methyl sites for hydroxylation is 1. The Hall–Kier alpha value is -0.900. The summed E-state index contributed by atoms with van der Waals surface area (Å²) in [4.78, 5) is 0. The van der Waals surface area contributed by atoms with Gasteiger partial charge in [-0.25, -0.2) is 0 Å². The Morgan fingerprint density at radius 3 is 2.78 bits per heavy atom. The Kier molecular flexibility index (Phi) is 7.65. The molecular weight excluding hydrogens is 226 g/mol. The largest absolute Gasteiger partial charge is 0.382 e. The summed E-state index contributed by atoms with van der Waals surface area (Å²) in [6.07, 6.45) is 1.24. The van der Waals surface area contributed by atoms with E-state index in [1.165, 1.54) is 11.1 Å². The van der Waals surface area contributed by atoms with Gasteiger partial charge < -0.3 is 14.8 Å². The van der Waals surface area contributed by atoms with Crippen LogP contribution < -0.4 is 5.32 Å². The highest BCUT2D eigenvalue weighted by atomic mass is 16.5. The summed E-state index contributed by atoms with van der Waals surface area (Å²) in [7, 11) is 1.69. The van der Waals surface area contributed by atoms with Crippen molar-refractivity contribution in [2.75, 3.05) is 33.4 Å². The van der Waals surface area contributed by atoms with Crippen molar-refractivity contribution in [3.05, 3.63) is 35.4 Å². The fourth-order valence-electron chi connectivity index (χ4n) is 1.83. The standard InChI is InChI=1S/C15H25NO2/c1-4-8-16-12-15(18-10-9-17-3)14-7-5-6-13(2)11-14/h5-7,11,15-16H,4,8-10,12H2,1-3H3. The average Bonchev–Trinajstić information content (AvgIpc) is 2.37. The summed E-state index contributed by atoms with van der Waals surface area (Å²) < 4.78 is 10.9. The zero-order chi connectivity index (χ0) is 13.2. The van der Waals surface area contributed by atoms with Crippen LogP contribution in [-0.4, -0.2) is 33.4 Å². The molecule has 0 aliphatic rings. The van der Waals surface area contributed by atoms with Gasteiger partial charge in [-0.3, -0.25) is 0 Å². The third-order valence-corrected chi connectivity index (χ3v) is 2.78. The van der Waals surface area contributed by atoms with Gasteiger partial charge in [-0.1, -0.05) is 36.8 Å². The number of hydrogen-bond donors (Lipinski definition) is 1. The van der Waals surface area contributed by atoms with E-state index in [1.54, 1.807) is 7.11 Å². The minimum atomic E-state index is 0.103. The molecule has 102 valence electrons. The van der Waals surface area contributed by atoms with Crippen LogP contribution in [0.2, 0.25) is 0 Å². The topological polar surface area (TPSA) is 30.5 Å². The van der Waals surface area contributed by atoms with E-state index in [1.807, 2.05) is 0 Å². The molecule has 1 aromatic rings. The van der Waals surface area contributed by atoms with Gasteiger partial charge in [-0.15, -0.1) is 0 Å². The van der Waals surface area contributed by atoms with Crippen LogP contribution in [0.4, 0.5) is 0 Å². The van der Waals surface area contributed by atoms with Gasteiger partial charge in [0.15, 0.2) is 0 Å². The molecule has 1 rings (SSSR count). The number of methoxy groups -OCH3 is 1. The lowest BCUT2D eigenvalue weighted by molar-refractivity contribution is 0.0167. The third kappa shape index (κ3) is 5.63. The highest BCUT2D eigenvalue weighted by molar-refractivity contribution is 5.24. The van der Waals surface area contributed by atoms with Crippen LogP contribution in [0.5, 0.6) is 0 Å². The van der Waals surface area contributed by atoms with E-state index in [9.17, 15) is 0 Å². The summed E-state index contributed by atoms with van der Waals surface area (Å²) in [6.45, 7) is 7.41. The summed E-state index contributed by atoms with van der Waals surface area (Å²) in [6, 6.07) is 8.50. The molecule has 0 spiro atoms. The number of ether oxygens (including phenoxy) is 2. The third-order valence-electron chi connectivity index (χ3n) is 2.78. The Bertz CT molecular complexity index is 318. The lowest BCUT2D eigenvalue weighted by atomic mass is 10.1. The molecule has 3 heteroatoms. The van der Waals surface area contributed by atoms with Gasteiger partial charge in [0.2, 0.25) is 0 Å². The van der Waals surface area contributed by atoms with Crippen LogP contribution in [0.15, 0.2) is 24.3 Å². The zero-order valence-corrected chi connectivity index (χ0v) is 11.7. The maximum Gasteiger partial charge on any atom is 0.0950 e. The van der Waals surface area contributed by atoms with Crippen molar-refractivity contribution in [1.29, 1.82) is 0 Å². The fraction of sp³-hybridized carbons (Fsp3) is 0.600. The molecule has 0 aliphatic heterocycles. The number of hydrogen-bond acceptors (Lipinski definition) is 3. The molecule has 3 nitrogen and oxygen atoms in total. The van der Waals surface area contributed by atoms with Crippen molar-refractivity contribution in [3.8, 4) is 0 Å². The van der Waals surface area contributed by atoms with Crippen molar-refractivity contribution < 1.29 is 9.47 Å². The van der Waals surface area contributed by atoms with Crippen molar-refractivity contribution in [1.82, 2.24) is 5.32 Å². The summed E-state index contributed by atoms with van der Waals surface area (Å²) in [5.74, 6) is 0. The van der Waals surface area contributed by atoms with Gasteiger partial charge in [0.05, 0.1) is 19.3 Å². The molecule has 0 saturated heterocycles. The summed E-state index contributed by atoms with van der Waals surface area (Å²) in [5, 5.41) is 3.41. The zero-order valence-electron chi connectivity index (χ0n) is 11.7. The molecule has 0 aliphatic carbocycles. The van der Waals surface area contributed by atoms with Gasteiger partial charge in [-0.2, -0.15) is 0 Å². The van der Waals surface area contributed by atoms with E-state index in [0.717, 1.165) is 19.5 Å². The summed E-state index contributed by atoms with van der Waals surface area (Å²) >= 11 is 0. The first-order chi connectivity index (χ1) is 8.77. The highest BCUT2D eigenvalue weighted by Crippen LogP contribution is 2.17. The molecule has 1 N–H and O–H groups in total. The molecule has 0 bridgehead atoms. The predicted octanol–water partition coefficient (Wildman–Crippen LogP) is 2.70. The van der Waals surface area contributed by atoms with Crippen LogP contribution in [0.3, 0.4) is 0 Å². The number of rotatable bonds is 9. The molecule has 1 unspecified atom stereocenters. The molecule has 1 aromatic carbocycles. The van der Waals surface area contributed by atoms with E-state index in [-0.39, 0.29) is 6.10 Å². The van der Waals surface area contributed by atoms with Crippen LogP contribution in [0.1, 0.15) is 30.6 Å². The molecule has 18 heavy (non-hydrogen) atoms. The smallest absolute Gasteiger partial charge is 0.0950 e. The molecule has 0 radical (unpaired) electrons. The lowest BCUT2D eigenvalue weighted by Crippen LogP contribution is -2.25. The number of benzene rings is 1. The van der Waals surface area contributed by atoms with Crippen molar-refractivity contribution in [3.63, 3.8) is 0 Å². The Morgan fingerprint density at radius 2 is 2.11 bits per heavy atom. The molecular formula is C15H25NO2. The average molecular weight is 251 g/mol. The Balaban J connectivity index is 2.57. The van der Waals surface area contributed by atoms with Crippen LogP contribution in [-0.2, 0) is 9.47 Å². The van der Waals surface area contributed by atoms with Gasteiger partial charge >= 0.3 is 0 Å². The molecule has 0 amide bonds. The molecule has 0 fully saturated rings. The first kappa shape index (κ1) is 15.2. The SMILES string of the molecule is CCCNCC(OCCOC)c1cccc(C)c1. The van der Waals surface area contributed by atoms with Crippen LogP contribution in [0, 0.1) is 6.92 Å². The Morgan fingerprint density at radius 1 is 1.28 bits per heavy atom. The minimum absolute atomic E-state index is 0.103. The second kappa shape index (κ2) is 9.09.